The molecule has 0 bridgehead atoms. The second-order valence-corrected chi connectivity index (χ2v) is 19.8. The monoisotopic (exact) mass is 710 g/mol. The molecule has 0 aromatic carbocycles. The number of sulfone groups is 2. The molecule has 16 heteroatoms. The van der Waals surface area contributed by atoms with E-state index < -0.39 is 30.9 Å². The van der Waals surface area contributed by atoms with Crippen molar-refractivity contribution in [1.29, 1.82) is 0 Å². The van der Waals surface area contributed by atoms with Gasteiger partial charge in [0, 0.05) is 19.3 Å². The lowest BCUT2D eigenvalue weighted by Crippen LogP contribution is -2.40. The molecule has 48 heavy (non-hydrogen) atoms. The molecule has 2 fully saturated rings. The average molecular weight is 711 g/mol. The predicted octanol–water partition coefficient (Wildman–Crippen LogP) is 3.85. The molecule has 2 amide bonds. The third kappa shape index (κ3) is 9.30. The Kier molecular flexibility index (Phi) is 10.3. The molecular formula is C32H50N6O8S2. The fourth-order valence-electron chi connectivity index (χ4n) is 6.38. The first-order valence-corrected chi connectivity index (χ1v) is 20.4. The Morgan fingerprint density at radius 1 is 0.729 bits per heavy atom. The predicted molar refractivity (Wildman–Crippen MR) is 179 cm³/mol. The summed E-state index contributed by atoms with van der Waals surface area (Å²) in [7, 11) is -5.77. The first-order chi connectivity index (χ1) is 22.3. The van der Waals surface area contributed by atoms with Gasteiger partial charge in [0.25, 0.3) is 0 Å². The summed E-state index contributed by atoms with van der Waals surface area (Å²) < 4.78 is 61.1. The Balaban J connectivity index is 0.000000188. The molecule has 0 radical (unpaired) electrons. The number of aromatic nitrogens is 4. The van der Waals surface area contributed by atoms with Crippen molar-refractivity contribution >= 4 is 31.9 Å². The van der Waals surface area contributed by atoms with Crippen molar-refractivity contribution in [3.05, 3.63) is 34.9 Å². The normalized spacial score (nSPS) is 21.4. The van der Waals surface area contributed by atoms with Crippen LogP contribution in [0.15, 0.2) is 12.4 Å². The van der Waals surface area contributed by atoms with Gasteiger partial charge in [-0.25, -0.2) is 26.4 Å². The number of rotatable bonds is 2. The zero-order valence-electron chi connectivity index (χ0n) is 29.0. The van der Waals surface area contributed by atoms with Gasteiger partial charge in [0.2, 0.25) is 0 Å². The van der Waals surface area contributed by atoms with Crippen LogP contribution in [0.1, 0.15) is 102 Å². The van der Waals surface area contributed by atoms with Crippen molar-refractivity contribution in [2.24, 2.45) is 0 Å². The maximum Gasteiger partial charge on any atom is 0.410 e. The molecule has 0 aliphatic carbocycles. The number of nitrogens with zero attached hydrogens (tertiary/aromatic N) is 6. The van der Waals surface area contributed by atoms with E-state index in [2.05, 4.69) is 10.2 Å². The SMILES string of the molecule is CC(C)(C)OC(=O)N1CCc2cn(C3CCS(=O)(=O)CC3)nc2C1.CC(C)(C)OC(=O)N1CCc2cnn(C3CCS(=O)(=O)CC3)c2C1. The van der Waals surface area contributed by atoms with Gasteiger partial charge in [-0.15, -0.1) is 0 Å². The molecule has 4 aliphatic heterocycles. The summed E-state index contributed by atoms with van der Waals surface area (Å²) in [6.07, 6.45) is 7.14. The largest absolute Gasteiger partial charge is 0.444 e. The van der Waals surface area contributed by atoms with E-state index in [0.717, 1.165) is 35.4 Å². The maximum atomic E-state index is 12.3. The Morgan fingerprint density at radius 3 is 1.73 bits per heavy atom. The minimum Gasteiger partial charge on any atom is -0.444 e. The highest BCUT2D eigenvalue weighted by Crippen LogP contribution is 2.30. The number of amides is 2. The molecule has 2 saturated heterocycles. The van der Waals surface area contributed by atoms with Crippen LogP contribution in [0.3, 0.4) is 0 Å². The summed E-state index contributed by atoms with van der Waals surface area (Å²) in [5, 5.41) is 9.10. The van der Waals surface area contributed by atoms with Crippen LogP contribution in [0.2, 0.25) is 0 Å². The number of carbonyl (C=O) groups is 2. The second kappa shape index (κ2) is 13.6. The molecule has 0 N–H and O–H groups in total. The summed E-state index contributed by atoms with van der Waals surface area (Å²) in [6, 6.07) is 0.227. The highest BCUT2D eigenvalue weighted by Gasteiger charge is 2.33. The standard InChI is InChI=1S/2C16H25N3O4S/c1-16(2,3)23-15(20)18-7-4-12-10-19(17-14(12)11-18)13-5-8-24(21,22)9-6-13;1-16(2,3)23-15(20)18-7-4-12-10-17-19(14(12)11-18)13-5-8-24(21,22)9-6-13/h2*10,13H,4-9,11H2,1-3H3. The average Bonchev–Trinajstić information content (AvgIpc) is 3.59. The maximum absolute atomic E-state index is 12.3. The van der Waals surface area contributed by atoms with Gasteiger partial charge in [-0.1, -0.05) is 0 Å². The van der Waals surface area contributed by atoms with Gasteiger partial charge in [-0.2, -0.15) is 10.2 Å². The zero-order chi connectivity index (χ0) is 35.1. The minimum absolute atomic E-state index is 0.0934. The van der Waals surface area contributed by atoms with Crippen LogP contribution in [-0.2, 0) is 55.1 Å². The topological polar surface area (TPSA) is 163 Å². The molecule has 268 valence electrons. The number of carbonyl (C=O) groups excluding carboxylic acids is 2. The van der Waals surface area contributed by atoms with Gasteiger partial charge >= 0.3 is 12.2 Å². The highest BCUT2D eigenvalue weighted by atomic mass is 32.2. The van der Waals surface area contributed by atoms with Gasteiger partial charge in [-0.3, -0.25) is 9.36 Å². The fraction of sp³-hybridized carbons (Fsp3) is 0.750. The quantitative estimate of drug-likeness (QED) is 0.448. The molecule has 0 unspecified atom stereocenters. The number of fused-ring (bicyclic) bond motifs is 2. The summed E-state index contributed by atoms with van der Waals surface area (Å²) in [5.41, 5.74) is 3.16. The third-order valence-corrected chi connectivity index (χ3v) is 12.4. The van der Waals surface area contributed by atoms with Crippen LogP contribution in [0.4, 0.5) is 9.59 Å². The lowest BCUT2D eigenvalue weighted by Gasteiger charge is -2.32. The van der Waals surface area contributed by atoms with E-state index in [4.69, 9.17) is 9.47 Å². The van der Waals surface area contributed by atoms with E-state index in [9.17, 15) is 26.4 Å². The first kappa shape index (κ1) is 36.1. The molecule has 6 rings (SSSR count). The Bertz CT molecular complexity index is 1690. The molecular weight excluding hydrogens is 661 g/mol. The van der Waals surface area contributed by atoms with E-state index in [1.807, 2.05) is 63.3 Å². The summed E-state index contributed by atoms with van der Waals surface area (Å²) >= 11 is 0. The van der Waals surface area contributed by atoms with Gasteiger partial charge in [0.05, 0.1) is 65.8 Å². The van der Waals surface area contributed by atoms with Crippen molar-refractivity contribution in [2.45, 2.75) is 116 Å². The van der Waals surface area contributed by atoms with Crippen LogP contribution < -0.4 is 0 Å². The molecule has 6 heterocycles. The Hall–Kier alpha value is -3.14. The van der Waals surface area contributed by atoms with Gasteiger partial charge < -0.3 is 19.3 Å². The fourth-order valence-corrected chi connectivity index (χ4v) is 9.31. The van der Waals surface area contributed by atoms with E-state index in [1.54, 1.807) is 9.80 Å². The van der Waals surface area contributed by atoms with E-state index in [-0.39, 0.29) is 47.3 Å². The molecule has 14 nitrogen and oxygen atoms in total. The van der Waals surface area contributed by atoms with Gasteiger partial charge in [0.1, 0.15) is 30.9 Å². The number of hydrogen-bond donors (Lipinski definition) is 0. The molecule has 4 aliphatic rings. The van der Waals surface area contributed by atoms with Gasteiger partial charge in [-0.05, 0) is 91.2 Å². The highest BCUT2D eigenvalue weighted by molar-refractivity contribution is 7.91. The minimum atomic E-state index is -2.90. The molecule has 2 aromatic heterocycles. The summed E-state index contributed by atoms with van der Waals surface area (Å²) in [5.74, 6) is 0.878. The van der Waals surface area contributed by atoms with Crippen LogP contribution in [0.25, 0.3) is 0 Å². The van der Waals surface area contributed by atoms with E-state index in [1.165, 1.54) is 0 Å². The molecule has 2 aromatic rings. The Labute approximate surface area is 283 Å². The van der Waals surface area contributed by atoms with Crippen LogP contribution in [0.5, 0.6) is 0 Å². The van der Waals surface area contributed by atoms with Gasteiger partial charge in [0.15, 0.2) is 0 Å². The Morgan fingerprint density at radius 2 is 1.21 bits per heavy atom. The second-order valence-electron chi connectivity index (χ2n) is 15.2. The third-order valence-electron chi connectivity index (χ3n) is 8.94. The smallest absolute Gasteiger partial charge is 0.410 e. The molecule has 0 atom stereocenters. The van der Waals surface area contributed by atoms with Crippen LogP contribution in [-0.4, -0.2) is 106 Å². The first-order valence-electron chi connectivity index (χ1n) is 16.8. The lowest BCUT2D eigenvalue weighted by molar-refractivity contribution is 0.0209. The van der Waals surface area contributed by atoms with Crippen molar-refractivity contribution in [3.8, 4) is 0 Å². The van der Waals surface area contributed by atoms with Crippen molar-refractivity contribution < 1.29 is 35.9 Å². The summed E-state index contributed by atoms with van der Waals surface area (Å²) in [4.78, 5) is 27.9. The summed E-state index contributed by atoms with van der Waals surface area (Å²) in [6.45, 7) is 13.3. The van der Waals surface area contributed by atoms with Crippen LogP contribution in [0, 0.1) is 0 Å². The molecule has 0 spiro atoms. The van der Waals surface area contributed by atoms with E-state index in [0.29, 0.717) is 51.9 Å². The zero-order valence-corrected chi connectivity index (χ0v) is 30.6. The van der Waals surface area contributed by atoms with Crippen molar-refractivity contribution in [2.75, 3.05) is 36.1 Å². The van der Waals surface area contributed by atoms with E-state index >= 15 is 0 Å². The van der Waals surface area contributed by atoms with Crippen molar-refractivity contribution in [1.82, 2.24) is 29.4 Å². The van der Waals surface area contributed by atoms with Crippen LogP contribution >= 0.6 is 0 Å². The van der Waals surface area contributed by atoms with Crippen molar-refractivity contribution in [3.63, 3.8) is 0 Å². The molecule has 0 saturated carbocycles. The lowest BCUT2D eigenvalue weighted by atomic mass is 10.1. The number of ether oxygens (including phenoxy) is 2. The number of hydrogen-bond acceptors (Lipinski definition) is 10.